The molecule has 2 aliphatic heterocycles. The smallest absolute Gasteiger partial charge is 0.169 e. The molecule has 3 heterocycles. The maximum absolute atomic E-state index is 14.4. The summed E-state index contributed by atoms with van der Waals surface area (Å²) in [6.45, 7) is 9.62. The van der Waals surface area contributed by atoms with Crippen LogP contribution in [0.4, 0.5) is 4.39 Å². The molecule has 0 amide bonds. The number of halogens is 1. The van der Waals surface area contributed by atoms with Crippen molar-refractivity contribution < 1.29 is 19.0 Å². The fourth-order valence-corrected chi connectivity index (χ4v) is 5.98. The summed E-state index contributed by atoms with van der Waals surface area (Å²) in [7, 11) is 2.15. The minimum Gasteiger partial charge on any atom is -0.396 e. The number of aliphatic hydroxyl groups excluding tert-OH is 1. The Kier molecular flexibility index (Phi) is 10.8. The summed E-state index contributed by atoms with van der Waals surface area (Å²) in [5.74, 6) is 0.374. The van der Waals surface area contributed by atoms with Gasteiger partial charge in [0.25, 0.3) is 0 Å². The van der Waals surface area contributed by atoms with Crippen molar-refractivity contribution in [3.05, 3.63) is 51.2 Å². The van der Waals surface area contributed by atoms with Gasteiger partial charge in [0.15, 0.2) is 6.29 Å². The Bertz CT molecular complexity index is 926. The predicted molar refractivity (Wildman–Crippen MR) is 139 cm³/mol. The van der Waals surface area contributed by atoms with E-state index in [1.807, 2.05) is 17.5 Å². The highest BCUT2D eigenvalue weighted by molar-refractivity contribution is 7.09. The maximum Gasteiger partial charge on any atom is 0.169 e. The van der Waals surface area contributed by atoms with E-state index < -0.39 is 0 Å². The number of nitrogens with zero attached hydrogens (tertiary/aromatic N) is 3. The lowest BCUT2D eigenvalue weighted by Gasteiger charge is -2.46. The number of hydrogen-bond acceptors (Lipinski definition) is 7. The summed E-state index contributed by atoms with van der Waals surface area (Å²) in [5.41, 5.74) is 1.91. The third-order valence-corrected chi connectivity index (χ3v) is 8.16. The zero-order valence-electron chi connectivity index (χ0n) is 21.3. The number of piperidine rings is 1. The second-order valence-corrected chi connectivity index (χ2v) is 10.5. The Morgan fingerprint density at radius 1 is 1.23 bits per heavy atom. The zero-order chi connectivity index (χ0) is 25.3. The monoisotopic (exact) mass is 505 g/mol. The first-order valence-corrected chi connectivity index (χ1v) is 13.6. The lowest BCUT2D eigenvalue weighted by atomic mass is 9.89. The molecule has 0 aliphatic carbocycles. The van der Waals surface area contributed by atoms with E-state index in [0.29, 0.717) is 30.1 Å². The Morgan fingerprint density at radius 3 is 2.54 bits per heavy atom. The van der Waals surface area contributed by atoms with Gasteiger partial charge in [0.1, 0.15) is 11.5 Å². The first-order valence-electron chi connectivity index (χ1n) is 12.8. The van der Waals surface area contributed by atoms with Gasteiger partial charge in [-0.15, -0.1) is 11.3 Å². The molecule has 4 rings (SSSR count). The summed E-state index contributed by atoms with van der Waals surface area (Å²) >= 11 is 1.59. The highest BCUT2D eigenvalue weighted by Gasteiger charge is 2.38. The topological polar surface area (TPSA) is 65.9 Å². The number of carbonyl (C=O) groups is 1. The van der Waals surface area contributed by atoms with E-state index in [-0.39, 0.29) is 18.0 Å². The molecule has 0 bridgehead atoms. The van der Waals surface area contributed by atoms with Crippen molar-refractivity contribution in [2.24, 2.45) is 0 Å². The number of ether oxygens (including phenoxy) is 1. The van der Waals surface area contributed by atoms with Gasteiger partial charge in [0.2, 0.25) is 0 Å². The van der Waals surface area contributed by atoms with Crippen LogP contribution >= 0.6 is 11.3 Å². The van der Waals surface area contributed by atoms with Crippen LogP contribution in [-0.2, 0) is 17.7 Å². The number of hydrogen-bond donors (Lipinski definition) is 1. The van der Waals surface area contributed by atoms with E-state index in [4.69, 9.17) is 9.84 Å². The molecule has 194 valence electrons. The van der Waals surface area contributed by atoms with Crippen LogP contribution in [0.3, 0.4) is 0 Å². The van der Waals surface area contributed by atoms with E-state index >= 15 is 0 Å². The summed E-state index contributed by atoms with van der Waals surface area (Å²) < 4.78 is 20.5. The van der Waals surface area contributed by atoms with Gasteiger partial charge < -0.3 is 14.7 Å². The molecule has 8 heteroatoms. The average Bonchev–Trinajstić information content (AvgIpc) is 3.34. The van der Waals surface area contributed by atoms with Gasteiger partial charge in [-0.3, -0.25) is 9.69 Å². The minimum atomic E-state index is -0.157. The molecule has 0 atom stereocenters. The molecule has 1 aromatic carbocycles. The second-order valence-electron chi connectivity index (χ2n) is 9.65. The molecule has 6 nitrogen and oxygen atoms in total. The number of likely N-dealkylation sites (N-methyl/N-ethyl adjacent to an activating group) is 1. The van der Waals surface area contributed by atoms with Crippen LogP contribution in [0, 0.1) is 5.82 Å². The van der Waals surface area contributed by atoms with Crippen LogP contribution in [0.2, 0.25) is 0 Å². The molecule has 2 aliphatic rings. The molecule has 35 heavy (non-hydrogen) atoms. The first kappa shape index (κ1) is 27.9. The van der Waals surface area contributed by atoms with Crippen LogP contribution < -0.4 is 0 Å². The van der Waals surface area contributed by atoms with E-state index in [1.54, 1.807) is 17.4 Å². The van der Waals surface area contributed by atoms with Gasteiger partial charge in [-0.1, -0.05) is 32.0 Å². The van der Waals surface area contributed by atoms with Crippen molar-refractivity contribution in [1.82, 2.24) is 14.8 Å². The fraction of sp³-hybridized carbons (Fsp3) is 0.630. The van der Waals surface area contributed by atoms with Crippen molar-refractivity contribution in [2.75, 3.05) is 46.4 Å². The molecule has 0 saturated carbocycles. The van der Waals surface area contributed by atoms with Gasteiger partial charge in [-0.05, 0) is 44.7 Å². The molecule has 2 fully saturated rings. The molecule has 2 aromatic rings. The van der Waals surface area contributed by atoms with Crippen molar-refractivity contribution in [2.45, 2.75) is 64.0 Å². The number of aromatic nitrogens is 1. The molecule has 0 radical (unpaired) electrons. The highest BCUT2D eigenvalue weighted by Crippen LogP contribution is 2.30. The van der Waals surface area contributed by atoms with E-state index in [0.717, 1.165) is 75.3 Å². The normalized spacial score (nSPS) is 18.5. The maximum atomic E-state index is 14.4. The molecule has 1 N–H and O–H groups in total. The summed E-state index contributed by atoms with van der Waals surface area (Å²) in [6.07, 6.45) is 5.40. The number of rotatable bonds is 8. The fourth-order valence-electron chi connectivity index (χ4n) is 4.95. The van der Waals surface area contributed by atoms with Crippen molar-refractivity contribution in [3.8, 4) is 0 Å². The predicted octanol–water partition coefficient (Wildman–Crippen LogP) is 4.52. The Labute approximate surface area is 213 Å². The minimum absolute atomic E-state index is 0.000775. The van der Waals surface area contributed by atoms with E-state index in [9.17, 15) is 9.18 Å². The second kappa shape index (κ2) is 13.6. The number of aldehydes is 1. The Balaban J connectivity index is 0.000000241. The lowest BCUT2D eigenvalue weighted by molar-refractivity contribution is -0.131. The van der Waals surface area contributed by atoms with Crippen molar-refractivity contribution in [1.29, 1.82) is 0 Å². The van der Waals surface area contributed by atoms with Crippen LogP contribution in [0.15, 0.2) is 23.6 Å². The lowest BCUT2D eigenvalue weighted by Crippen LogP contribution is -2.55. The largest absolute Gasteiger partial charge is 0.396 e. The third-order valence-electron chi connectivity index (χ3n) is 7.14. The van der Waals surface area contributed by atoms with Gasteiger partial charge in [0.05, 0.1) is 17.2 Å². The van der Waals surface area contributed by atoms with Crippen LogP contribution in [0.1, 0.15) is 72.1 Å². The number of thiazole rings is 1. The van der Waals surface area contributed by atoms with E-state index in [2.05, 4.69) is 35.7 Å². The molecular weight excluding hydrogens is 465 g/mol. The van der Waals surface area contributed by atoms with Crippen LogP contribution in [0.5, 0.6) is 0 Å². The van der Waals surface area contributed by atoms with Gasteiger partial charge in [-0.2, -0.15) is 0 Å². The summed E-state index contributed by atoms with van der Waals surface area (Å²) in [4.78, 5) is 19.2. The molecule has 1 aromatic heterocycles. The molecular formula is C27H40FN3O3S. The summed E-state index contributed by atoms with van der Waals surface area (Å²) in [6, 6.07) is 5.49. The SMILES string of the molecule is CCC(CC)c1nc(C=O)cs1.CN1CCOC2(CCN(Cc3cccc(CCO)c3F)CC2)C1. The molecule has 0 unspecified atom stereocenters. The zero-order valence-corrected chi connectivity index (χ0v) is 22.2. The quantitative estimate of drug-likeness (QED) is 0.533. The van der Waals surface area contributed by atoms with Crippen molar-refractivity contribution in [3.63, 3.8) is 0 Å². The Hall–Kier alpha value is -1.71. The van der Waals surface area contributed by atoms with Crippen molar-refractivity contribution >= 4 is 17.6 Å². The number of carbonyl (C=O) groups excluding carboxylic acids is 1. The van der Waals surface area contributed by atoms with Gasteiger partial charge >= 0.3 is 0 Å². The van der Waals surface area contributed by atoms with E-state index in [1.165, 1.54) is 0 Å². The standard InChI is InChI=1S/C18H27FN2O2.C9H13NOS/c1-20-10-12-23-18(14-20)6-8-21(9-7-18)13-16-4-2-3-15(5-11-22)17(16)19;1-3-7(4-2)9-10-8(5-11)6-12-9/h2-4,22H,5-14H2,1H3;5-7H,3-4H2,1-2H3. The Morgan fingerprint density at radius 2 is 1.94 bits per heavy atom. The number of likely N-dealkylation sites (tertiary alicyclic amines) is 1. The van der Waals surface area contributed by atoms with Crippen LogP contribution in [-0.4, -0.2) is 78.2 Å². The highest BCUT2D eigenvalue weighted by atomic mass is 32.1. The summed E-state index contributed by atoms with van der Waals surface area (Å²) in [5, 5.41) is 11.9. The number of aliphatic hydroxyl groups is 1. The number of morpholine rings is 1. The number of benzene rings is 1. The van der Waals surface area contributed by atoms with Gasteiger partial charge in [-0.25, -0.2) is 9.37 Å². The first-order chi connectivity index (χ1) is 16.9. The third kappa shape index (κ3) is 7.64. The molecule has 2 saturated heterocycles. The van der Waals surface area contributed by atoms with Crippen LogP contribution in [0.25, 0.3) is 0 Å². The molecule has 1 spiro atoms. The van der Waals surface area contributed by atoms with Gasteiger partial charge in [0, 0.05) is 56.2 Å². The average molecular weight is 506 g/mol.